The zero-order valence-corrected chi connectivity index (χ0v) is 5.90. The van der Waals surface area contributed by atoms with Crippen LogP contribution in [0.25, 0.3) is 0 Å². The van der Waals surface area contributed by atoms with Gasteiger partial charge in [-0.2, -0.15) is 0 Å². The monoisotopic (exact) mass is 148 g/mol. The number of hydrogen-bond donors (Lipinski definition) is 1. The molecule has 0 radical (unpaired) electrons. The van der Waals surface area contributed by atoms with Crippen molar-refractivity contribution in [3.8, 4) is 12.5 Å². The van der Waals surface area contributed by atoms with E-state index in [4.69, 9.17) is 11.5 Å². The predicted octanol–water partition coefficient (Wildman–Crippen LogP) is 1.28. The third-order valence-electron chi connectivity index (χ3n) is 1.26. The molecule has 0 saturated carbocycles. The second kappa shape index (κ2) is 3.65. The molecule has 0 spiro atoms. The summed E-state index contributed by atoms with van der Waals surface area (Å²) >= 11 is 0. The van der Waals surface area contributed by atoms with Gasteiger partial charge in [-0.3, -0.25) is 0 Å². The van der Waals surface area contributed by atoms with Gasteiger partial charge in [0.15, 0.2) is 0 Å². The maximum atomic E-state index is 9.16. The van der Waals surface area contributed by atoms with Crippen molar-refractivity contribution in [2.45, 2.75) is 6.29 Å². The van der Waals surface area contributed by atoms with Crippen molar-refractivity contribution in [3.05, 3.63) is 35.9 Å². The van der Waals surface area contributed by atoms with E-state index >= 15 is 0 Å². The lowest BCUT2D eigenvalue weighted by molar-refractivity contribution is -0.0421. The fourth-order valence-corrected chi connectivity index (χ4v) is 0.750. The van der Waals surface area contributed by atoms with E-state index in [2.05, 4.69) is 4.74 Å². The number of hydrogen-bond acceptors (Lipinski definition) is 2. The van der Waals surface area contributed by atoms with Gasteiger partial charge in [-0.15, -0.1) is 0 Å². The minimum Gasteiger partial charge on any atom is -0.411 e. The molecule has 1 atom stereocenters. The van der Waals surface area contributed by atoms with Crippen molar-refractivity contribution in [3.63, 3.8) is 0 Å². The van der Waals surface area contributed by atoms with E-state index in [1.807, 2.05) is 12.2 Å². The van der Waals surface area contributed by atoms with E-state index in [1.54, 1.807) is 24.3 Å². The SMILES string of the molecule is C#COC(O)c1ccccc1. The van der Waals surface area contributed by atoms with Gasteiger partial charge in [0.1, 0.15) is 6.11 Å². The highest BCUT2D eigenvalue weighted by atomic mass is 16.6. The van der Waals surface area contributed by atoms with E-state index in [0.29, 0.717) is 5.56 Å². The van der Waals surface area contributed by atoms with Crippen molar-refractivity contribution < 1.29 is 9.84 Å². The summed E-state index contributed by atoms with van der Waals surface area (Å²) in [5.41, 5.74) is 0.658. The van der Waals surface area contributed by atoms with Crippen molar-refractivity contribution in [1.29, 1.82) is 0 Å². The molecule has 0 aliphatic heterocycles. The molecule has 1 aromatic carbocycles. The predicted molar refractivity (Wildman–Crippen MR) is 41.3 cm³/mol. The molecule has 0 heterocycles. The van der Waals surface area contributed by atoms with Crippen LogP contribution in [0, 0.1) is 12.5 Å². The number of aliphatic hydroxyl groups is 1. The number of terminal acetylenes is 1. The van der Waals surface area contributed by atoms with Gasteiger partial charge in [-0.25, -0.2) is 0 Å². The lowest BCUT2D eigenvalue weighted by Gasteiger charge is -2.06. The van der Waals surface area contributed by atoms with E-state index in [1.165, 1.54) is 0 Å². The third-order valence-corrected chi connectivity index (χ3v) is 1.26. The maximum Gasteiger partial charge on any atom is 0.234 e. The number of ether oxygens (including phenoxy) is 1. The zero-order valence-electron chi connectivity index (χ0n) is 5.90. The Kier molecular flexibility index (Phi) is 2.53. The van der Waals surface area contributed by atoms with Crippen molar-refractivity contribution in [1.82, 2.24) is 0 Å². The van der Waals surface area contributed by atoms with Crippen LogP contribution in [0.4, 0.5) is 0 Å². The Morgan fingerprint density at radius 2 is 2.00 bits per heavy atom. The first-order valence-electron chi connectivity index (χ1n) is 3.19. The maximum absolute atomic E-state index is 9.16. The Morgan fingerprint density at radius 1 is 1.36 bits per heavy atom. The van der Waals surface area contributed by atoms with Gasteiger partial charge in [0.05, 0.1) is 0 Å². The average Bonchev–Trinajstić information content (AvgIpc) is 2.07. The molecule has 11 heavy (non-hydrogen) atoms. The summed E-state index contributed by atoms with van der Waals surface area (Å²) in [7, 11) is 0. The first kappa shape index (κ1) is 7.64. The van der Waals surface area contributed by atoms with Gasteiger partial charge in [0, 0.05) is 5.56 Å². The summed E-state index contributed by atoms with van der Waals surface area (Å²) in [6.07, 6.45) is 5.74. The Labute approximate surface area is 65.4 Å². The molecule has 0 fully saturated rings. The Morgan fingerprint density at radius 3 is 2.55 bits per heavy atom. The molecule has 56 valence electrons. The van der Waals surface area contributed by atoms with Crippen LogP contribution in [-0.2, 0) is 4.74 Å². The van der Waals surface area contributed by atoms with Crippen LogP contribution in [0.15, 0.2) is 30.3 Å². The Balaban J connectivity index is 2.70. The fourth-order valence-electron chi connectivity index (χ4n) is 0.750. The topological polar surface area (TPSA) is 29.5 Å². The van der Waals surface area contributed by atoms with Crippen LogP contribution in [-0.4, -0.2) is 5.11 Å². The molecular formula is C9H8O2. The van der Waals surface area contributed by atoms with Gasteiger partial charge >= 0.3 is 0 Å². The zero-order chi connectivity index (χ0) is 8.10. The molecule has 0 bridgehead atoms. The van der Waals surface area contributed by atoms with Crippen LogP contribution >= 0.6 is 0 Å². The van der Waals surface area contributed by atoms with Crippen molar-refractivity contribution >= 4 is 0 Å². The third kappa shape index (κ3) is 1.99. The highest BCUT2D eigenvalue weighted by molar-refractivity contribution is 5.15. The van der Waals surface area contributed by atoms with Crippen LogP contribution in [0.3, 0.4) is 0 Å². The lowest BCUT2D eigenvalue weighted by Crippen LogP contribution is -1.97. The normalized spacial score (nSPS) is 11.6. The molecule has 0 amide bonds. The highest BCUT2D eigenvalue weighted by Gasteiger charge is 2.03. The summed E-state index contributed by atoms with van der Waals surface area (Å²) in [4.78, 5) is 0. The molecule has 1 N–H and O–H groups in total. The summed E-state index contributed by atoms with van der Waals surface area (Å²) in [6, 6.07) is 8.94. The van der Waals surface area contributed by atoms with Gasteiger partial charge < -0.3 is 9.84 Å². The quantitative estimate of drug-likeness (QED) is 0.505. The minimum atomic E-state index is -1.01. The van der Waals surface area contributed by atoms with Gasteiger partial charge in [-0.1, -0.05) is 36.8 Å². The number of aliphatic hydroxyl groups excluding tert-OH is 1. The van der Waals surface area contributed by atoms with E-state index < -0.39 is 6.29 Å². The second-order valence-electron chi connectivity index (χ2n) is 2.00. The number of benzene rings is 1. The van der Waals surface area contributed by atoms with E-state index in [0.717, 1.165) is 0 Å². The van der Waals surface area contributed by atoms with Crippen LogP contribution in [0.2, 0.25) is 0 Å². The first-order valence-corrected chi connectivity index (χ1v) is 3.19. The van der Waals surface area contributed by atoms with E-state index in [9.17, 15) is 0 Å². The molecular weight excluding hydrogens is 140 g/mol. The molecule has 1 rings (SSSR count). The second-order valence-corrected chi connectivity index (χ2v) is 2.00. The first-order chi connectivity index (χ1) is 5.34. The Bertz CT molecular complexity index is 248. The van der Waals surface area contributed by atoms with Gasteiger partial charge in [0.25, 0.3) is 0 Å². The molecule has 0 saturated heterocycles. The van der Waals surface area contributed by atoms with Crippen LogP contribution in [0.1, 0.15) is 11.9 Å². The molecule has 0 aliphatic rings. The summed E-state index contributed by atoms with van der Waals surface area (Å²) in [5, 5.41) is 9.16. The summed E-state index contributed by atoms with van der Waals surface area (Å²) < 4.78 is 4.51. The molecule has 1 unspecified atom stereocenters. The summed E-state index contributed by atoms with van der Waals surface area (Å²) in [6.45, 7) is 0. The Hall–Kier alpha value is -1.46. The molecule has 0 aliphatic carbocycles. The minimum absolute atomic E-state index is 0.658. The van der Waals surface area contributed by atoms with E-state index in [-0.39, 0.29) is 0 Å². The van der Waals surface area contributed by atoms with Crippen LogP contribution in [0.5, 0.6) is 0 Å². The highest BCUT2D eigenvalue weighted by Crippen LogP contribution is 2.11. The molecule has 0 aromatic heterocycles. The van der Waals surface area contributed by atoms with Gasteiger partial charge in [0.2, 0.25) is 6.29 Å². The lowest BCUT2D eigenvalue weighted by atomic mass is 10.2. The van der Waals surface area contributed by atoms with Gasteiger partial charge in [-0.05, 0) is 0 Å². The summed E-state index contributed by atoms with van der Waals surface area (Å²) in [5.74, 6) is 0. The van der Waals surface area contributed by atoms with Crippen molar-refractivity contribution in [2.75, 3.05) is 0 Å². The average molecular weight is 148 g/mol. The van der Waals surface area contributed by atoms with Crippen LogP contribution < -0.4 is 0 Å². The molecule has 2 nitrogen and oxygen atoms in total. The molecule has 1 aromatic rings. The molecule has 2 heteroatoms. The largest absolute Gasteiger partial charge is 0.411 e. The number of rotatable bonds is 2. The standard InChI is InChI=1S/C9H8O2/c1-2-11-9(10)8-6-4-3-5-7-8/h1,3-7,9-10H. The smallest absolute Gasteiger partial charge is 0.234 e. The fraction of sp³-hybridized carbons (Fsp3) is 0.111. The van der Waals surface area contributed by atoms with Crippen molar-refractivity contribution in [2.24, 2.45) is 0 Å².